The van der Waals surface area contributed by atoms with E-state index in [-0.39, 0.29) is 25.5 Å². The fraction of sp³-hybridized carbons (Fsp3) is 0.250. The molecule has 0 saturated heterocycles. The summed E-state index contributed by atoms with van der Waals surface area (Å²) in [4.78, 5) is 14.4. The van der Waals surface area contributed by atoms with Crippen LogP contribution in [0.1, 0.15) is 88.1 Å². The van der Waals surface area contributed by atoms with Gasteiger partial charge in [-0.1, -0.05) is 126 Å². The molecule has 4 aromatic carbocycles. The van der Waals surface area contributed by atoms with Crippen molar-refractivity contribution in [2.24, 2.45) is 5.41 Å². The number of fused-ring (bicyclic) bond motifs is 3. The molecule has 0 amide bonds. The monoisotopic (exact) mass is 926 g/mol. The van der Waals surface area contributed by atoms with E-state index >= 15 is 0 Å². The number of furan rings is 1. The average molecular weight is 926 g/mol. The molecule has 0 aliphatic rings. The summed E-state index contributed by atoms with van der Waals surface area (Å²) in [7, 11) is 0. The number of hydrogen-bond acceptors (Lipinski definition) is 4. The van der Waals surface area contributed by atoms with Gasteiger partial charge in [0.25, 0.3) is 0 Å². The zero-order chi connectivity index (χ0) is 39.6. The van der Waals surface area contributed by atoms with Gasteiger partial charge in [0.1, 0.15) is 0 Å². The number of rotatable bonds is 7. The molecule has 0 bridgehead atoms. The first kappa shape index (κ1) is 41.4. The van der Waals surface area contributed by atoms with Crippen molar-refractivity contribution >= 4 is 22.1 Å². The van der Waals surface area contributed by atoms with Crippen molar-refractivity contribution in [2.75, 3.05) is 0 Å². The van der Waals surface area contributed by atoms with Crippen molar-refractivity contribution < 1.29 is 24.5 Å². The van der Waals surface area contributed by atoms with E-state index in [1.165, 1.54) is 44.5 Å². The first-order valence-corrected chi connectivity index (χ1v) is 19.7. The summed E-state index contributed by atoms with van der Waals surface area (Å²) in [6, 6.07) is 44.4. The van der Waals surface area contributed by atoms with Crippen molar-refractivity contribution in [3.05, 3.63) is 162 Å². The minimum atomic E-state index is 0. The number of nitrogens with zero attached hydrogens (tertiary/aromatic N) is 3. The zero-order valence-electron chi connectivity index (χ0n) is 34.5. The van der Waals surface area contributed by atoms with Gasteiger partial charge in [-0.3, -0.25) is 0 Å². The van der Waals surface area contributed by atoms with Crippen molar-refractivity contribution in [2.45, 2.75) is 80.6 Å². The number of hydrogen-bond donors (Lipinski definition) is 0. The molecule has 8 rings (SSSR count). The summed E-state index contributed by atoms with van der Waals surface area (Å²) >= 11 is 0. The van der Waals surface area contributed by atoms with Crippen molar-refractivity contribution in [3.8, 4) is 44.9 Å². The molecule has 0 saturated carbocycles. The molecular formula is C52H51IrN3O-2. The summed E-state index contributed by atoms with van der Waals surface area (Å²) in [5.74, 6) is 0.669. The van der Waals surface area contributed by atoms with Crippen LogP contribution in [0, 0.1) is 31.4 Å². The van der Waals surface area contributed by atoms with Gasteiger partial charge in [-0.2, -0.15) is 0 Å². The van der Waals surface area contributed by atoms with Gasteiger partial charge in [-0.25, -0.2) is 4.98 Å². The Morgan fingerprint density at radius 3 is 1.95 bits per heavy atom. The van der Waals surface area contributed by atoms with Crippen molar-refractivity contribution in [1.29, 1.82) is 0 Å². The van der Waals surface area contributed by atoms with Gasteiger partial charge in [-0.15, -0.1) is 54.1 Å². The van der Waals surface area contributed by atoms with E-state index in [1.807, 2.05) is 55.7 Å². The molecule has 1 radical (unpaired) electrons. The molecule has 291 valence electrons. The minimum absolute atomic E-state index is 0. The third-order valence-electron chi connectivity index (χ3n) is 10.2. The number of benzene rings is 4. The minimum Gasteiger partial charge on any atom is -0.486 e. The van der Waals surface area contributed by atoms with Gasteiger partial charge in [0.15, 0.2) is 0 Å². The average Bonchev–Trinajstić information content (AvgIpc) is 3.57. The SMILES string of the molecule is Cc1cc(-c2[c-]ccc3c2oc2nc(-c4c(C(C)C)cc(-c5ccccc5)cc4C(C)C)ccc23)ncc1CC(C)(C)C.Cc1ccc(-c2[c-]cccc2)nc1.[Ir]. The standard InChI is InChI=1S/C40H41N2O.C12H10N.Ir/c1-24(2)33-20-28(27-13-10-9-11-14-27)21-34(25(3)4)37(33)35-18-17-31-30-15-12-16-32(38(30)43-39(31)42-35)36-19-26(5)29(23-41-36)22-40(6,7)8;1-10-7-8-12(13-9-10)11-5-3-2-4-6-11;/h9-15,17-21,23-25H,22H2,1-8H3;2-5,7-9H,1H3;/q2*-1;. The normalized spacial score (nSPS) is 11.5. The topological polar surface area (TPSA) is 51.8 Å². The molecule has 4 heterocycles. The molecule has 57 heavy (non-hydrogen) atoms. The Hall–Kier alpha value is -5.22. The molecule has 0 spiro atoms. The molecule has 0 unspecified atom stereocenters. The van der Waals surface area contributed by atoms with Crippen molar-refractivity contribution in [3.63, 3.8) is 0 Å². The van der Waals surface area contributed by atoms with Crippen LogP contribution >= 0.6 is 0 Å². The van der Waals surface area contributed by atoms with Gasteiger partial charge >= 0.3 is 0 Å². The van der Waals surface area contributed by atoms with E-state index in [0.29, 0.717) is 17.5 Å². The van der Waals surface area contributed by atoms with Crippen LogP contribution in [0.15, 0.2) is 126 Å². The molecule has 0 aliphatic carbocycles. The van der Waals surface area contributed by atoms with Crippen LogP contribution < -0.4 is 0 Å². The number of aryl methyl sites for hydroxylation is 2. The quantitative estimate of drug-likeness (QED) is 0.149. The van der Waals surface area contributed by atoms with E-state index in [9.17, 15) is 0 Å². The fourth-order valence-corrected chi connectivity index (χ4v) is 7.30. The Morgan fingerprint density at radius 1 is 0.649 bits per heavy atom. The summed E-state index contributed by atoms with van der Waals surface area (Å²) in [5, 5.41) is 2.04. The van der Waals surface area contributed by atoms with Gasteiger partial charge in [0.05, 0.1) is 11.3 Å². The van der Waals surface area contributed by atoms with Crippen molar-refractivity contribution in [1.82, 2.24) is 15.0 Å². The Balaban J connectivity index is 0.000000332. The third kappa shape index (κ3) is 9.33. The Bertz CT molecular complexity index is 2570. The van der Waals surface area contributed by atoms with Crippen LogP contribution in [0.5, 0.6) is 0 Å². The van der Waals surface area contributed by atoms with Crippen LogP contribution in [0.4, 0.5) is 0 Å². The summed E-state index contributed by atoms with van der Waals surface area (Å²) in [5.41, 5.74) is 16.3. The van der Waals surface area contributed by atoms with Crippen LogP contribution in [0.25, 0.3) is 67.0 Å². The van der Waals surface area contributed by atoms with Crippen LogP contribution in [0.3, 0.4) is 0 Å². The maximum Gasteiger partial charge on any atom is 0.216 e. The van der Waals surface area contributed by atoms with E-state index in [4.69, 9.17) is 14.4 Å². The van der Waals surface area contributed by atoms with E-state index in [1.54, 1.807) is 0 Å². The van der Waals surface area contributed by atoms with Crippen LogP contribution in [-0.4, -0.2) is 15.0 Å². The third-order valence-corrected chi connectivity index (χ3v) is 10.2. The summed E-state index contributed by atoms with van der Waals surface area (Å²) in [6.45, 7) is 20.0. The molecular weight excluding hydrogens is 875 g/mol. The molecule has 0 atom stereocenters. The zero-order valence-corrected chi connectivity index (χ0v) is 36.9. The molecule has 0 aliphatic heterocycles. The van der Waals surface area contributed by atoms with Gasteiger partial charge in [-0.05, 0) is 94.4 Å². The van der Waals surface area contributed by atoms with Crippen LogP contribution in [-0.2, 0) is 26.5 Å². The Kier molecular flexibility index (Phi) is 12.7. The van der Waals surface area contributed by atoms with Gasteiger partial charge < -0.3 is 14.4 Å². The molecule has 0 fully saturated rings. The second-order valence-corrected chi connectivity index (χ2v) is 16.7. The first-order chi connectivity index (χ1) is 26.9. The largest absolute Gasteiger partial charge is 0.486 e. The number of pyridine rings is 3. The Labute approximate surface area is 352 Å². The second kappa shape index (κ2) is 17.5. The van der Waals surface area contributed by atoms with E-state index in [2.05, 4.69) is 145 Å². The van der Waals surface area contributed by atoms with E-state index < -0.39 is 0 Å². The molecule has 5 heteroatoms. The maximum atomic E-state index is 6.56. The summed E-state index contributed by atoms with van der Waals surface area (Å²) < 4.78 is 6.56. The molecule has 4 aromatic heterocycles. The molecule has 0 N–H and O–H groups in total. The first-order valence-electron chi connectivity index (χ1n) is 19.7. The summed E-state index contributed by atoms with van der Waals surface area (Å²) in [6.07, 6.45) is 4.87. The van der Waals surface area contributed by atoms with Gasteiger partial charge in [0, 0.05) is 43.4 Å². The fourth-order valence-electron chi connectivity index (χ4n) is 7.30. The second-order valence-electron chi connectivity index (χ2n) is 16.7. The predicted molar refractivity (Wildman–Crippen MR) is 234 cm³/mol. The smallest absolute Gasteiger partial charge is 0.216 e. The predicted octanol–water partition coefficient (Wildman–Crippen LogP) is 14.2. The Morgan fingerprint density at radius 2 is 1.33 bits per heavy atom. The molecule has 8 aromatic rings. The van der Waals surface area contributed by atoms with Gasteiger partial charge in [0.2, 0.25) is 5.71 Å². The van der Waals surface area contributed by atoms with Crippen LogP contribution in [0.2, 0.25) is 0 Å². The number of aromatic nitrogens is 3. The molecule has 4 nitrogen and oxygen atoms in total. The van der Waals surface area contributed by atoms with E-state index in [0.717, 1.165) is 51.0 Å². The maximum absolute atomic E-state index is 6.56.